The van der Waals surface area contributed by atoms with Crippen LogP contribution in [0.2, 0.25) is 0 Å². The van der Waals surface area contributed by atoms with Crippen LogP contribution >= 0.6 is 0 Å². The lowest BCUT2D eigenvalue weighted by Crippen LogP contribution is -2.47. The summed E-state index contributed by atoms with van der Waals surface area (Å²) < 4.78 is 22.3. The number of esters is 2. The lowest BCUT2D eigenvalue weighted by molar-refractivity contribution is -0.138. The summed E-state index contributed by atoms with van der Waals surface area (Å²) in [5.41, 5.74) is 7.85. The van der Waals surface area contributed by atoms with Crippen molar-refractivity contribution in [2.45, 2.75) is 51.4 Å². The Bertz CT molecular complexity index is 1190. The third-order valence-corrected chi connectivity index (χ3v) is 8.27. The summed E-state index contributed by atoms with van der Waals surface area (Å²) in [6.45, 7) is 4.12. The highest BCUT2D eigenvalue weighted by Gasteiger charge is 2.57. The Kier molecular flexibility index (Phi) is 7.59. The molecule has 0 heterocycles. The summed E-state index contributed by atoms with van der Waals surface area (Å²) in [5.74, 6) is -0.169. The average Bonchev–Trinajstić information content (AvgIpc) is 2.88. The van der Waals surface area contributed by atoms with Gasteiger partial charge in [-0.15, -0.1) is 0 Å². The molecule has 6 nitrogen and oxygen atoms in total. The number of fused-ring (bicyclic) bond motifs is 2. The van der Waals surface area contributed by atoms with Gasteiger partial charge in [-0.05, 0) is 72.9 Å². The van der Waals surface area contributed by atoms with E-state index < -0.39 is 11.9 Å². The molecule has 0 saturated heterocycles. The van der Waals surface area contributed by atoms with E-state index in [0.29, 0.717) is 11.5 Å². The lowest BCUT2D eigenvalue weighted by atomic mass is 9.49. The number of hydrogen-bond donors (Lipinski definition) is 0. The molecule has 4 atom stereocenters. The molecule has 0 unspecified atom stereocenters. The highest BCUT2D eigenvalue weighted by molar-refractivity contribution is 5.83. The topological polar surface area (TPSA) is 71.1 Å². The molecule has 1 saturated carbocycles. The van der Waals surface area contributed by atoms with Crippen molar-refractivity contribution in [1.29, 1.82) is 0 Å². The number of carbonyl (C=O) groups is 2. The van der Waals surface area contributed by atoms with E-state index in [9.17, 15) is 9.59 Å². The molecular formula is C32H36O6. The van der Waals surface area contributed by atoms with Gasteiger partial charge in [-0.2, -0.15) is 0 Å². The fraction of sp³-hybridized carbons (Fsp3) is 0.438. The van der Waals surface area contributed by atoms with E-state index in [-0.39, 0.29) is 36.9 Å². The van der Waals surface area contributed by atoms with Crippen molar-refractivity contribution in [2.24, 2.45) is 11.8 Å². The molecule has 0 spiro atoms. The molecule has 2 aromatic rings. The largest absolute Gasteiger partial charge is 0.500 e. The van der Waals surface area contributed by atoms with E-state index in [1.807, 2.05) is 0 Å². The van der Waals surface area contributed by atoms with Crippen LogP contribution in [0.15, 0.2) is 60.1 Å². The minimum absolute atomic E-state index is 0.0451. The molecule has 2 aromatic carbocycles. The summed E-state index contributed by atoms with van der Waals surface area (Å²) in [6.07, 6.45) is 6.75. The molecule has 0 amide bonds. The standard InChI is InChI=1S/C32H36O6/c1-5-37-27(33)17-25(35-3)31-29-23-15-19-7-8-20-10-12-22(14-13-21(23)11-9-19)24(16-20)30(29)32(31)26(36-4)18-28(34)38-6-2/h9-12,15-18,29-32H,5-8,13-14H2,1-4H3/b25-17+,26-18+/t29-,30+,31+,32-. The highest BCUT2D eigenvalue weighted by atomic mass is 16.5. The van der Waals surface area contributed by atoms with Crippen LogP contribution in [0.5, 0.6) is 0 Å². The molecule has 0 N–H and O–H groups in total. The van der Waals surface area contributed by atoms with Crippen LogP contribution in [0, 0.1) is 11.8 Å². The number of aryl methyl sites for hydroxylation is 4. The Morgan fingerprint density at radius 1 is 0.711 bits per heavy atom. The van der Waals surface area contributed by atoms with Crippen LogP contribution in [0.3, 0.4) is 0 Å². The third kappa shape index (κ3) is 4.72. The van der Waals surface area contributed by atoms with Gasteiger partial charge < -0.3 is 18.9 Å². The van der Waals surface area contributed by atoms with Crippen LogP contribution in [0.1, 0.15) is 59.1 Å². The monoisotopic (exact) mass is 516 g/mol. The fourth-order valence-electron chi connectivity index (χ4n) is 6.65. The van der Waals surface area contributed by atoms with Crippen LogP contribution in [-0.4, -0.2) is 39.4 Å². The van der Waals surface area contributed by atoms with Crippen molar-refractivity contribution >= 4 is 11.9 Å². The molecule has 200 valence electrons. The van der Waals surface area contributed by atoms with Gasteiger partial charge in [0.2, 0.25) is 0 Å². The van der Waals surface area contributed by atoms with E-state index in [4.69, 9.17) is 18.9 Å². The van der Waals surface area contributed by atoms with E-state index >= 15 is 0 Å². The number of hydrogen-bond acceptors (Lipinski definition) is 6. The van der Waals surface area contributed by atoms with Gasteiger partial charge in [0.15, 0.2) is 0 Å². The number of carbonyl (C=O) groups excluding carboxylic acids is 2. The van der Waals surface area contributed by atoms with Crippen LogP contribution in [0.25, 0.3) is 0 Å². The van der Waals surface area contributed by atoms with Gasteiger partial charge in [-0.25, -0.2) is 9.59 Å². The van der Waals surface area contributed by atoms with E-state index in [2.05, 4.69) is 36.4 Å². The maximum Gasteiger partial charge on any atom is 0.334 e. The minimum atomic E-state index is -0.441. The van der Waals surface area contributed by atoms with Gasteiger partial charge in [0.05, 0.1) is 39.6 Å². The molecule has 6 heteroatoms. The summed E-state index contributed by atoms with van der Waals surface area (Å²) in [6, 6.07) is 13.8. The quantitative estimate of drug-likeness (QED) is 0.273. The zero-order valence-corrected chi connectivity index (χ0v) is 22.6. The fourth-order valence-corrected chi connectivity index (χ4v) is 6.65. The molecule has 0 aromatic heterocycles. The molecule has 1 fully saturated rings. The zero-order valence-electron chi connectivity index (χ0n) is 22.6. The Morgan fingerprint density at radius 3 is 1.50 bits per heavy atom. The first-order chi connectivity index (χ1) is 18.5. The molecule has 4 bridgehead atoms. The van der Waals surface area contributed by atoms with Gasteiger partial charge in [0.1, 0.15) is 11.5 Å². The Morgan fingerprint density at radius 2 is 1.13 bits per heavy atom. The number of benzene rings is 2. The normalized spacial score (nSPS) is 23.6. The third-order valence-electron chi connectivity index (χ3n) is 8.27. The molecule has 0 aliphatic heterocycles. The molecule has 38 heavy (non-hydrogen) atoms. The van der Waals surface area contributed by atoms with Crippen molar-refractivity contribution in [3.05, 3.63) is 93.4 Å². The summed E-state index contributed by atoms with van der Waals surface area (Å²) >= 11 is 0. The molecular weight excluding hydrogens is 480 g/mol. The summed E-state index contributed by atoms with van der Waals surface area (Å²) in [4.78, 5) is 25.2. The van der Waals surface area contributed by atoms with Crippen molar-refractivity contribution in [3.8, 4) is 0 Å². The number of allylic oxidation sites excluding steroid dienone is 2. The maximum absolute atomic E-state index is 12.6. The van der Waals surface area contributed by atoms with E-state index in [0.717, 1.165) is 25.7 Å². The molecule has 3 aliphatic rings. The van der Waals surface area contributed by atoms with Crippen molar-refractivity contribution in [3.63, 3.8) is 0 Å². The van der Waals surface area contributed by atoms with Crippen LogP contribution < -0.4 is 0 Å². The maximum atomic E-state index is 12.6. The highest BCUT2D eigenvalue weighted by Crippen LogP contribution is 2.64. The second kappa shape index (κ2) is 11.1. The number of rotatable bonds is 8. The van der Waals surface area contributed by atoms with Gasteiger partial charge in [0, 0.05) is 23.7 Å². The van der Waals surface area contributed by atoms with Crippen molar-refractivity contribution in [2.75, 3.05) is 27.4 Å². The second-order valence-corrected chi connectivity index (χ2v) is 10.2. The van der Waals surface area contributed by atoms with Crippen LogP contribution in [-0.2, 0) is 54.2 Å². The predicted octanol–water partition coefficient (Wildman–Crippen LogP) is 5.18. The predicted molar refractivity (Wildman–Crippen MR) is 144 cm³/mol. The number of methoxy groups -OCH3 is 2. The Labute approximate surface area is 224 Å². The van der Waals surface area contributed by atoms with Gasteiger partial charge in [0.25, 0.3) is 0 Å². The van der Waals surface area contributed by atoms with Crippen LogP contribution in [0.4, 0.5) is 0 Å². The molecule has 3 aliphatic carbocycles. The Hall–Kier alpha value is -3.54. The minimum Gasteiger partial charge on any atom is -0.500 e. The first-order valence-corrected chi connectivity index (χ1v) is 13.6. The van der Waals surface area contributed by atoms with Gasteiger partial charge in [-0.1, -0.05) is 36.4 Å². The first-order valence-electron chi connectivity index (χ1n) is 13.6. The summed E-state index contributed by atoms with van der Waals surface area (Å²) in [7, 11) is 3.18. The van der Waals surface area contributed by atoms with Crippen molar-refractivity contribution in [1.82, 2.24) is 0 Å². The second-order valence-electron chi connectivity index (χ2n) is 10.2. The first kappa shape index (κ1) is 26.1. The SMILES string of the molecule is CCOC(=O)/C=C(/OC)[C@@H]1[C@H](/C(=C\C(=O)OCC)OC)[C@H]2c3cc4ccc3CCc3ccc(cc3[C@@H]12)CC4. The van der Waals surface area contributed by atoms with Crippen molar-refractivity contribution < 1.29 is 28.5 Å². The smallest absolute Gasteiger partial charge is 0.334 e. The lowest BCUT2D eigenvalue weighted by Gasteiger charge is -2.54. The molecule has 0 radical (unpaired) electrons. The Balaban J connectivity index is 1.74. The van der Waals surface area contributed by atoms with E-state index in [1.165, 1.54) is 45.5 Å². The zero-order chi connectivity index (χ0) is 26.8. The number of ether oxygens (including phenoxy) is 4. The average molecular weight is 517 g/mol. The molecule has 5 rings (SSSR count). The van der Waals surface area contributed by atoms with Gasteiger partial charge >= 0.3 is 11.9 Å². The summed E-state index contributed by atoms with van der Waals surface area (Å²) in [5, 5.41) is 0. The van der Waals surface area contributed by atoms with Gasteiger partial charge in [-0.3, -0.25) is 0 Å². The van der Waals surface area contributed by atoms with E-state index in [1.54, 1.807) is 28.1 Å².